The van der Waals surface area contributed by atoms with Crippen molar-refractivity contribution in [1.82, 2.24) is 0 Å². The third kappa shape index (κ3) is 1.50. The van der Waals surface area contributed by atoms with Crippen molar-refractivity contribution in [2.75, 3.05) is 0 Å². The molecule has 1 saturated carbocycles. The van der Waals surface area contributed by atoms with Gasteiger partial charge in [-0.15, -0.1) is 0 Å². The maximum Gasteiger partial charge on any atom is 0.0658 e. The highest BCUT2D eigenvalue weighted by Crippen LogP contribution is 2.31. The van der Waals surface area contributed by atoms with Crippen molar-refractivity contribution in [3.8, 4) is 6.07 Å². The molecular formula is C9H15N. The lowest BCUT2D eigenvalue weighted by Gasteiger charge is -2.24. The number of rotatable bonds is 1. The summed E-state index contributed by atoms with van der Waals surface area (Å²) in [5.41, 5.74) is 0. The van der Waals surface area contributed by atoms with E-state index in [1.54, 1.807) is 0 Å². The van der Waals surface area contributed by atoms with Gasteiger partial charge >= 0.3 is 0 Å². The summed E-state index contributed by atoms with van der Waals surface area (Å²) >= 11 is 0. The van der Waals surface area contributed by atoms with Crippen LogP contribution in [0.1, 0.15) is 39.0 Å². The number of nitriles is 1. The Hall–Kier alpha value is -0.510. The average Bonchev–Trinajstić information content (AvgIpc) is 2.04. The molecule has 1 heteroatoms. The number of nitrogens with zero attached hydrogens (tertiary/aromatic N) is 1. The largest absolute Gasteiger partial charge is 0.198 e. The molecule has 0 aromatic rings. The third-order valence-electron chi connectivity index (χ3n) is 2.60. The summed E-state index contributed by atoms with van der Waals surface area (Å²) in [7, 11) is 0. The van der Waals surface area contributed by atoms with E-state index < -0.39 is 0 Å². The molecule has 56 valence electrons. The summed E-state index contributed by atoms with van der Waals surface area (Å²) in [6.45, 7) is 2.19. The Labute approximate surface area is 63.0 Å². The predicted octanol–water partition coefficient (Wildman–Crippen LogP) is 2.73. The minimum Gasteiger partial charge on any atom is -0.198 e. The van der Waals surface area contributed by atoms with E-state index in [-0.39, 0.29) is 0 Å². The van der Waals surface area contributed by atoms with Gasteiger partial charge in [0.15, 0.2) is 0 Å². The Morgan fingerprint density at radius 2 is 2.10 bits per heavy atom. The second-order valence-electron chi connectivity index (χ2n) is 3.19. The molecule has 1 nitrogen and oxygen atoms in total. The molecule has 10 heavy (non-hydrogen) atoms. The lowest BCUT2D eigenvalue weighted by atomic mass is 9.79. The van der Waals surface area contributed by atoms with Crippen molar-refractivity contribution in [3.05, 3.63) is 0 Å². The summed E-state index contributed by atoms with van der Waals surface area (Å²) in [4.78, 5) is 0. The van der Waals surface area contributed by atoms with Gasteiger partial charge in [-0.3, -0.25) is 0 Å². The van der Waals surface area contributed by atoms with E-state index in [4.69, 9.17) is 5.26 Å². The molecule has 0 heterocycles. The second-order valence-corrected chi connectivity index (χ2v) is 3.19. The maximum atomic E-state index is 8.74. The quantitative estimate of drug-likeness (QED) is 0.545. The standard InChI is InChI=1S/C9H15N/c1-2-8-5-3-4-6-9(8)7-10/h8-9H,2-6H2,1H3/t8-,9-/m0/s1. The minimum atomic E-state index is 0.374. The Morgan fingerprint density at radius 3 is 2.60 bits per heavy atom. The normalized spacial score (nSPS) is 33.2. The summed E-state index contributed by atoms with van der Waals surface area (Å²) in [6.07, 6.45) is 6.24. The zero-order valence-corrected chi connectivity index (χ0v) is 6.64. The highest BCUT2D eigenvalue weighted by molar-refractivity contribution is 4.89. The Kier molecular flexibility index (Phi) is 2.74. The van der Waals surface area contributed by atoms with Crippen molar-refractivity contribution >= 4 is 0 Å². The average molecular weight is 137 g/mol. The molecule has 0 aromatic carbocycles. The van der Waals surface area contributed by atoms with Crippen LogP contribution in [-0.4, -0.2) is 0 Å². The Balaban J connectivity index is 2.44. The van der Waals surface area contributed by atoms with E-state index in [0.29, 0.717) is 11.8 Å². The first-order valence-electron chi connectivity index (χ1n) is 4.28. The molecule has 0 aliphatic heterocycles. The molecule has 1 aliphatic rings. The summed E-state index contributed by atoms with van der Waals surface area (Å²) in [6, 6.07) is 2.40. The van der Waals surface area contributed by atoms with Crippen molar-refractivity contribution < 1.29 is 0 Å². The minimum absolute atomic E-state index is 0.374. The molecule has 0 bridgehead atoms. The summed E-state index contributed by atoms with van der Waals surface area (Å²) in [5.74, 6) is 1.08. The zero-order chi connectivity index (χ0) is 7.40. The Morgan fingerprint density at radius 1 is 1.40 bits per heavy atom. The van der Waals surface area contributed by atoms with Crippen LogP contribution in [0.5, 0.6) is 0 Å². The van der Waals surface area contributed by atoms with Gasteiger partial charge in [0.2, 0.25) is 0 Å². The fourth-order valence-corrected chi connectivity index (χ4v) is 1.87. The maximum absolute atomic E-state index is 8.74. The molecule has 1 aliphatic carbocycles. The fourth-order valence-electron chi connectivity index (χ4n) is 1.87. The fraction of sp³-hybridized carbons (Fsp3) is 0.889. The van der Waals surface area contributed by atoms with Gasteiger partial charge in [0, 0.05) is 5.92 Å². The first-order chi connectivity index (χ1) is 4.88. The van der Waals surface area contributed by atoms with Gasteiger partial charge in [-0.1, -0.05) is 26.2 Å². The van der Waals surface area contributed by atoms with Crippen molar-refractivity contribution in [1.29, 1.82) is 5.26 Å². The monoisotopic (exact) mass is 137 g/mol. The molecule has 2 atom stereocenters. The molecule has 0 spiro atoms. The van der Waals surface area contributed by atoms with E-state index >= 15 is 0 Å². The lowest BCUT2D eigenvalue weighted by Crippen LogP contribution is -2.16. The van der Waals surface area contributed by atoms with Gasteiger partial charge in [0.1, 0.15) is 0 Å². The third-order valence-corrected chi connectivity index (χ3v) is 2.60. The van der Waals surface area contributed by atoms with Gasteiger partial charge in [0.25, 0.3) is 0 Å². The van der Waals surface area contributed by atoms with Crippen LogP contribution in [0.2, 0.25) is 0 Å². The van der Waals surface area contributed by atoms with Gasteiger partial charge in [0.05, 0.1) is 6.07 Å². The topological polar surface area (TPSA) is 23.8 Å². The lowest BCUT2D eigenvalue weighted by molar-refractivity contribution is 0.283. The molecule has 0 saturated heterocycles. The van der Waals surface area contributed by atoms with Crippen molar-refractivity contribution in [2.24, 2.45) is 11.8 Å². The molecule has 0 unspecified atom stereocenters. The number of hydrogen-bond donors (Lipinski definition) is 0. The van der Waals surface area contributed by atoms with Crippen LogP contribution in [-0.2, 0) is 0 Å². The van der Waals surface area contributed by atoms with Crippen LogP contribution in [0.4, 0.5) is 0 Å². The zero-order valence-electron chi connectivity index (χ0n) is 6.64. The molecule has 1 fully saturated rings. The van der Waals surface area contributed by atoms with Crippen LogP contribution < -0.4 is 0 Å². The second kappa shape index (κ2) is 3.61. The Bertz CT molecular complexity index is 134. The van der Waals surface area contributed by atoms with Crippen molar-refractivity contribution in [2.45, 2.75) is 39.0 Å². The number of hydrogen-bond acceptors (Lipinski definition) is 1. The molecule has 1 rings (SSSR count). The highest BCUT2D eigenvalue weighted by Gasteiger charge is 2.22. The van der Waals surface area contributed by atoms with E-state index in [9.17, 15) is 0 Å². The smallest absolute Gasteiger partial charge is 0.0658 e. The van der Waals surface area contributed by atoms with E-state index in [2.05, 4.69) is 13.0 Å². The molecule has 0 amide bonds. The van der Waals surface area contributed by atoms with Crippen LogP contribution in [0.15, 0.2) is 0 Å². The molecule has 0 radical (unpaired) electrons. The van der Waals surface area contributed by atoms with Gasteiger partial charge in [-0.05, 0) is 18.8 Å². The van der Waals surface area contributed by atoms with Gasteiger partial charge < -0.3 is 0 Å². The molecule has 0 N–H and O–H groups in total. The predicted molar refractivity (Wildman–Crippen MR) is 41.4 cm³/mol. The van der Waals surface area contributed by atoms with E-state index in [1.807, 2.05) is 0 Å². The molecular weight excluding hydrogens is 122 g/mol. The highest BCUT2D eigenvalue weighted by atomic mass is 14.3. The summed E-state index contributed by atoms with van der Waals surface area (Å²) in [5, 5.41) is 8.74. The van der Waals surface area contributed by atoms with Gasteiger partial charge in [-0.2, -0.15) is 5.26 Å². The van der Waals surface area contributed by atoms with E-state index in [1.165, 1.54) is 25.7 Å². The van der Waals surface area contributed by atoms with Crippen molar-refractivity contribution in [3.63, 3.8) is 0 Å². The van der Waals surface area contributed by atoms with Crippen LogP contribution in [0.25, 0.3) is 0 Å². The first kappa shape index (κ1) is 7.60. The first-order valence-corrected chi connectivity index (χ1v) is 4.28. The molecule has 0 aromatic heterocycles. The van der Waals surface area contributed by atoms with Crippen LogP contribution >= 0.6 is 0 Å². The van der Waals surface area contributed by atoms with Crippen LogP contribution in [0, 0.1) is 23.2 Å². The van der Waals surface area contributed by atoms with Crippen LogP contribution in [0.3, 0.4) is 0 Å². The van der Waals surface area contributed by atoms with E-state index in [0.717, 1.165) is 6.42 Å². The van der Waals surface area contributed by atoms with Gasteiger partial charge in [-0.25, -0.2) is 0 Å². The SMILES string of the molecule is CC[C@H]1CCCC[C@H]1C#N. The summed E-state index contributed by atoms with van der Waals surface area (Å²) < 4.78 is 0.